The lowest BCUT2D eigenvalue weighted by molar-refractivity contribution is 0.174. The molecule has 21 heavy (non-hydrogen) atoms. The molecule has 1 heterocycles. The number of fused-ring (bicyclic) bond motifs is 1. The Labute approximate surface area is 119 Å². The quantitative estimate of drug-likeness (QED) is 0.743. The molecule has 6 nitrogen and oxygen atoms in total. The fourth-order valence-electron chi connectivity index (χ4n) is 1.85. The molecule has 0 aromatic heterocycles. The summed E-state index contributed by atoms with van der Waals surface area (Å²) in [6.07, 6.45) is 0. The second-order valence-electron chi connectivity index (χ2n) is 4.31. The van der Waals surface area contributed by atoms with Gasteiger partial charge < -0.3 is 25.2 Å². The average molecular weight is 290 g/mol. The van der Waals surface area contributed by atoms with E-state index in [4.69, 9.17) is 14.6 Å². The Morgan fingerprint density at radius 2 is 1.71 bits per heavy atom. The Kier molecular flexibility index (Phi) is 3.23. The highest BCUT2D eigenvalue weighted by Crippen LogP contribution is 2.34. The second-order valence-corrected chi connectivity index (χ2v) is 4.31. The minimum absolute atomic E-state index is 0.151. The fraction of sp³-hybridized carbons (Fsp3) is 0.0714. The molecule has 2 amide bonds. The summed E-state index contributed by atoms with van der Waals surface area (Å²) in [5.74, 6) is -0.127. The van der Waals surface area contributed by atoms with E-state index in [-0.39, 0.29) is 12.5 Å². The monoisotopic (exact) mass is 290 g/mol. The van der Waals surface area contributed by atoms with Gasteiger partial charge in [0, 0.05) is 23.5 Å². The molecular weight excluding hydrogens is 279 g/mol. The highest BCUT2D eigenvalue weighted by atomic mass is 19.1. The molecule has 0 radical (unpaired) electrons. The zero-order valence-corrected chi connectivity index (χ0v) is 10.7. The first-order valence-electron chi connectivity index (χ1n) is 6.08. The van der Waals surface area contributed by atoms with Gasteiger partial charge in [0.2, 0.25) is 6.79 Å². The van der Waals surface area contributed by atoms with Gasteiger partial charge in [-0.25, -0.2) is 9.18 Å². The summed E-state index contributed by atoms with van der Waals surface area (Å²) < 4.78 is 23.5. The number of benzene rings is 2. The molecule has 2 aromatic rings. The van der Waals surface area contributed by atoms with Crippen LogP contribution >= 0.6 is 0 Å². The molecule has 7 heteroatoms. The molecule has 0 fully saturated rings. The maximum Gasteiger partial charge on any atom is 0.323 e. The number of anilines is 2. The maximum absolute atomic E-state index is 13.2. The molecule has 0 saturated heterocycles. The van der Waals surface area contributed by atoms with Gasteiger partial charge in [-0.05, 0) is 24.3 Å². The molecule has 3 N–H and O–H groups in total. The van der Waals surface area contributed by atoms with Gasteiger partial charge in [0.25, 0.3) is 0 Å². The average Bonchev–Trinajstić information content (AvgIpc) is 2.90. The van der Waals surface area contributed by atoms with Crippen LogP contribution in [0.5, 0.6) is 17.2 Å². The number of ether oxygens (including phenoxy) is 2. The van der Waals surface area contributed by atoms with Crippen molar-refractivity contribution in [1.82, 2.24) is 0 Å². The van der Waals surface area contributed by atoms with Crippen LogP contribution in [0.25, 0.3) is 0 Å². The summed E-state index contributed by atoms with van der Waals surface area (Å²) in [6, 6.07) is 7.98. The van der Waals surface area contributed by atoms with E-state index in [0.29, 0.717) is 17.2 Å². The smallest absolute Gasteiger partial charge is 0.323 e. The molecule has 0 spiro atoms. The number of amides is 2. The van der Waals surface area contributed by atoms with Crippen LogP contribution in [0.3, 0.4) is 0 Å². The molecule has 0 aliphatic carbocycles. The van der Waals surface area contributed by atoms with Gasteiger partial charge in [-0.2, -0.15) is 0 Å². The van der Waals surface area contributed by atoms with Crippen molar-refractivity contribution >= 4 is 17.4 Å². The summed E-state index contributed by atoms with van der Waals surface area (Å²) in [4.78, 5) is 11.8. The third-order valence-electron chi connectivity index (χ3n) is 2.84. The molecule has 1 aliphatic rings. The first kappa shape index (κ1) is 13.0. The van der Waals surface area contributed by atoms with Crippen LogP contribution in [0.4, 0.5) is 20.6 Å². The summed E-state index contributed by atoms with van der Waals surface area (Å²) >= 11 is 0. The van der Waals surface area contributed by atoms with Gasteiger partial charge in [-0.15, -0.1) is 0 Å². The zero-order valence-electron chi connectivity index (χ0n) is 10.7. The number of hydrogen-bond donors (Lipinski definition) is 3. The molecule has 0 atom stereocenters. The maximum atomic E-state index is 13.2. The van der Waals surface area contributed by atoms with Crippen molar-refractivity contribution < 1.29 is 23.8 Å². The van der Waals surface area contributed by atoms with Crippen molar-refractivity contribution in [1.29, 1.82) is 0 Å². The number of carbonyl (C=O) groups excluding carboxylic acids is 1. The highest BCUT2D eigenvalue weighted by Gasteiger charge is 2.14. The van der Waals surface area contributed by atoms with Gasteiger partial charge >= 0.3 is 6.03 Å². The fourth-order valence-corrected chi connectivity index (χ4v) is 1.85. The third kappa shape index (κ3) is 2.81. The van der Waals surface area contributed by atoms with Crippen LogP contribution in [-0.4, -0.2) is 17.9 Å². The third-order valence-corrected chi connectivity index (χ3v) is 2.84. The summed E-state index contributed by atoms with van der Waals surface area (Å²) in [6.45, 7) is 0.151. The Morgan fingerprint density at radius 3 is 2.48 bits per heavy atom. The Morgan fingerprint density at radius 1 is 1.05 bits per heavy atom. The molecular formula is C14H11FN2O4. The van der Waals surface area contributed by atoms with Crippen molar-refractivity contribution in [3.63, 3.8) is 0 Å². The number of rotatable bonds is 2. The van der Waals surface area contributed by atoms with Crippen molar-refractivity contribution in [2.75, 3.05) is 17.4 Å². The van der Waals surface area contributed by atoms with Crippen LogP contribution in [0.15, 0.2) is 36.4 Å². The predicted octanol–water partition coefficient (Wildman–Crippen LogP) is 2.90. The number of nitrogens with one attached hydrogen (secondary N) is 2. The van der Waals surface area contributed by atoms with Crippen LogP contribution in [-0.2, 0) is 0 Å². The van der Waals surface area contributed by atoms with Gasteiger partial charge in [0.15, 0.2) is 23.1 Å². The summed E-state index contributed by atoms with van der Waals surface area (Å²) in [7, 11) is 0. The number of carbonyl (C=O) groups is 1. The summed E-state index contributed by atoms with van der Waals surface area (Å²) in [5, 5.41) is 14.1. The number of hydrogen-bond acceptors (Lipinski definition) is 4. The SMILES string of the molecule is O=C(Nc1ccc(O)c(F)c1)Nc1ccc2c(c1)OCO2. The van der Waals surface area contributed by atoms with Gasteiger partial charge in [-0.1, -0.05) is 0 Å². The van der Waals surface area contributed by atoms with Crippen molar-refractivity contribution in [3.8, 4) is 17.2 Å². The minimum atomic E-state index is -0.809. The molecule has 0 saturated carbocycles. The van der Waals surface area contributed by atoms with E-state index in [1.807, 2.05) is 0 Å². The Bertz CT molecular complexity index is 705. The zero-order chi connectivity index (χ0) is 14.8. The van der Waals surface area contributed by atoms with E-state index in [9.17, 15) is 9.18 Å². The van der Waals surface area contributed by atoms with E-state index in [1.165, 1.54) is 6.07 Å². The second kappa shape index (κ2) is 5.20. The molecule has 3 rings (SSSR count). The van der Waals surface area contributed by atoms with Gasteiger partial charge in [0.1, 0.15) is 0 Å². The molecule has 108 valence electrons. The normalized spacial score (nSPS) is 12.0. The summed E-state index contributed by atoms with van der Waals surface area (Å²) in [5.41, 5.74) is 0.736. The predicted molar refractivity (Wildman–Crippen MR) is 73.3 cm³/mol. The lowest BCUT2D eigenvalue weighted by atomic mass is 10.2. The van der Waals surface area contributed by atoms with E-state index in [1.54, 1.807) is 18.2 Å². The Balaban J connectivity index is 1.67. The molecule has 0 bridgehead atoms. The van der Waals surface area contributed by atoms with Crippen molar-refractivity contribution in [3.05, 3.63) is 42.2 Å². The lowest BCUT2D eigenvalue weighted by Gasteiger charge is -2.08. The molecule has 2 aromatic carbocycles. The molecule has 0 unspecified atom stereocenters. The molecule has 1 aliphatic heterocycles. The first-order chi connectivity index (χ1) is 10.1. The van der Waals surface area contributed by atoms with Crippen LogP contribution in [0.1, 0.15) is 0 Å². The highest BCUT2D eigenvalue weighted by molar-refractivity contribution is 6.00. The van der Waals surface area contributed by atoms with Crippen molar-refractivity contribution in [2.24, 2.45) is 0 Å². The van der Waals surface area contributed by atoms with Crippen LogP contribution in [0, 0.1) is 5.82 Å². The van der Waals surface area contributed by atoms with Crippen LogP contribution < -0.4 is 20.1 Å². The van der Waals surface area contributed by atoms with Gasteiger partial charge in [0.05, 0.1) is 0 Å². The van der Waals surface area contributed by atoms with E-state index >= 15 is 0 Å². The first-order valence-corrected chi connectivity index (χ1v) is 6.08. The number of aromatic hydroxyl groups is 1. The van der Waals surface area contributed by atoms with E-state index in [0.717, 1.165) is 12.1 Å². The van der Waals surface area contributed by atoms with Gasteiger partial charge in [-0.3, -0.25) is 0 Å². The standard InChI is InChI=1S/C14H11FN2O4/c15-10-5-8(1-3-11(10)18)16-14(19)17-9-2-4-12-13(6-9)21-7-20-12/h1-6,18H,7H2,(H2,16,17,19). The topological polar surface area (TPSA) is 79.8 Å². The van der Waals surface area contributed by atoms with Crippen LogP contribution in [0.2, 0.25) is 0 Å². The number of phenols is 1. The van der Waals surface area contributed by atoms with E-state index in [2.05, 4.69) is 10.6 Å². The number of halogens is 1. The number of phenolic OH excluding ortho intramolecular Hbond substituents is 1. The lowest BCUT2D eigenvalue weighted by Crippen LogP contribution is -2.19. The van der Waals surface area contributed by atoms with Crippen molar-refractivity contribution in [2.45, 2.75) is 0 Å². The number of urea groups is 1. The van der Waals surface area contributed by atoms with E-state index < -0.39 is 17.6 Å². The Hall–Kier alpha value is -2.96. The minimum Gasteiger partial charge on any atom is -0.505 e. The largest absolute Gasteiger partial charge is 0.505 e.